The molecule has 2 heterocycles. The van der Waals surface area contributed by atoms with E-state index in [1.807, 2.05) is 23.6 Å². The van der Waals surface area contributed by atoms with Crippen molar-refractivity contribution < 1.29 is 0 Å². The monoisotopic (exact) mass is 274 g/mol. The van der Waals surface area contributed by atoms with Gasteiger partial charge in [-0.2, -0.15) is 0 Å². The van der Waals surface area contributed by atoms with Crippen LogP contribution in [0.3, 0.4) is 0 Å². The van der Waals surface area contributed by atoms with Crippen molar-refractivity contribution in [1.29, 1.82) is 0 Å². The summed E-state index contributed by atoms with van der Waals surface area (Å²) in [5.74, 6) is 0. The number of pyridine rings is 1. The highest BCUT2D eigenvalue weighted by atomic mass is 32.1. The maximum atomic E-state index is 4.48. The third kappa shape index (κ3) is 3.43. The van der Waals surface area contributed by atoms with Gasteiger partial charge in [0.1, 0.15) is 0 Å². The van der Waals surface area contributed by atoms with Crippen molar-refractivity contribution in [2.45, 2.75) is 46.7 Å². The lowest BCUT2D eigenvalue weighted by molar-refractivity contribution is 0.564. The fourth-order valence-electron chi connectivity index (χ4n) is 2.39. The lowest BCUT2D eigenvalue weighted by Gasteiger charge is -2.15. The zero-order valence-electron chi connectivity index (χ0n) is 12.2. The summed E-state index contributed by atoms with van der Waals surface area (Å²) in [6.07, 6.45) is 2.91. The molecule has 2 aromatic heterocycles. The molecular weight excluding hydrogens is 252 g/mol. The first-order chi connectivity index (χ1) is 9.11. The number of rotatable bonds is 5. The molecular formula is C16H22N2S. The van der Waals surface area contributed by atoms with E-state index in [1.54, 1.807) is 0 Å². The Labute approximate surface area is 119 Å². The van der Waals surface area contributed by atoms with Crippen LogP contribution in [0, 0.1) is 13.8 Å². The van der Waals surface area contributed by atoms with Crippen molar-refractivity contribution >= 4 is 11.3 Å². The Kier molecular flexibility index (Phi) is 4.72. The van der Waals surface area contributed by atoms with Crippen LogP contribution in [-0.4, -0.2) is 4.98 Å². The highest BCUT2D eigenvalue weighted by Gasteiger charge is 2.11. The third-order valence-corrected chi connectivity index (χ3v) is 4.47. The first kappa shape index (κ1) is 14.2. The molecule has 0 bridgehead atoms. The number of thiophene rings is 1. The van der Waals surface area contributed by atoms with E-state index in [9.17, 15) is 0 Å². The standard InChI is InChI=1S/C16H22N2S/c1-5-14-7-6-8-17-16(14)10-18-12(3)15-9-11(2)19-13(15)4/h6-9,12,18H,5,10H2,1-4H3. The minimum absolute atomic E-state index is 0.372. The SMILES string of the molecule is CCc1cccnc1CNC(C)c1cc(C)sc1C. The normalized spacial score (nSPS) is 12.6. The Hall–Kier alpha value is -1.19. The van der Waals surface area contributed by atoms with Gasteiger partial charge in [-0.1, -0.05) is 13.0 Å². The molecule has 0 aliphatic carbocycles. The fraction of sp³-hybridized carbons (Fsp3) is 0.438. The third-order valence-electron chi connectivity index (χ3n) is 3.49. The van der Waals surface area contributed by atoms with Gasteiger partial charge < -0.3 is 5.32 Å². The van der Waals surface area contributed by atoms with E-state index in [1.165, 1.54) is 26.6 Å². The predicted octanol–water partition coefficient (Wildman–Crippen LogP) is 4.17. The highest BCUT2D eigenvalue weighted by molar-refractivity contribution is 7.12. The second-order valence-electron chi connectivity index (χ2n) is 4.93. The van der Waals surface area contributed by atoms with Gasteiger partial charge in [0.2, 0.25) is 0 Å². The van der Waals surface area contributed by atoms with Crippen molar-refractivity contribution in [1.82, 2.24) is 10.3 Å². The van der Waals surface area contributed by atoms with Gasteiger partial charge in [-0.05, 0) is 50.5 Å². The van der Waals surface area contributed by atoms with Crippen molar-refractivity contribution in [3.05, 3.63) is 51.0 Å². The molecule has 19 heavy (non-hydrogen) atoms. The molecule has 0 spiro atoms. The Morgan fingerprint density at radius 2 is 2.16 bits per heavy atom. The maximum Gasteiger partial charge on any atom is 0.0573 e. The Morgan fingerprint density at radius 3 is 2.79 bits per heavy atom. The topological polar surface area (TPSA) is 24.9 Å². The summed E-state index contributed by atoms with van der Waals surface area (Å²) in [5.41, 5.74) is 3.92. The molecule has 0 saturated carbocycles. The highest BCUT2D eigenvalue weighted by Crippen LogP contribution is 2.26. The molecule has 0 radical (unpaired) electrons. The van der Waals surface area contributed by atoms with Crippen LogP contribution < -0.4 is 5.32 Å². The smallest absolute Gasteiger partial charge is 0.0573 e. The Balaban J connectivity index is 2.04. The van der Waals surface area contributed by atoms with E-state index in [4.69, 9.17) is 0 Å². The average molecular weight is 274 g/mol. The predicted molar refractivity (Wildman–Crippen MR) is 82.7 cm³/mol. The van der Waals surface area contributed by atoms with E-state index in [0.29, 0.717) is 6.04 Å². The van der Waals surface area contributed by atoms with Gasteiger partial charge in [0.05, 0.1) is 5.69 Å². The van der Waals surface area contributed by atoms with Crippen molar-refractivity contribution in [2.24, 2.45) is 0 Å². The van der Waals surface area contributed by atoms with Crippen LogP contribution in [0.2, 0.25) is 0 Å². The van der Waals surface area contributed by atoms with Gasteiger partial charge in [0, 0.05) is 28.5 Å². The van der Waals surface area contributed by atoms with Crippen LogP contribution in [0.1, 0.15) is 46.5 Å². The number of aromatic nitrogens is 1. The Morgan fingerprint density at radius 1 is 1.37 bits per heavy atom. The molecule has 1 unspecified atom stereocenters. The molecule has 2 aromatic rings. The van der Waals surface area contributed by atoms with Gasteiger partial charge in [-0.25, -0.2) is 0 Å². The summed E-state index contributed by atoms with van der Waals surface area (Å²) in [5, 5.41) is 3.59. The zero-order chi connectivity index (χ0) is 13.8. The summed E-state index contributed by atoms with van der Waals surface area (Å²) in [6, 6.07) is 6.83. The Bertz CT molecular complexity index is 545. The van der Waals surface area contributed by atoms with Crippen LogP contribution in [0.25, 0.3) is 0 Å². The maximum absolute atomic E-state index is 4.48. The summed E-state index contributed by atoms with van der Waals surface area (Å²) in [6.45, 7) is 9.60. The number of hydrogen-bond donors (Lipinski definition) is 1. The minimum Gasteiger partial charge on any atom is -0.305 e. The van der Waals surface area contributed by atoms with Gasteiger partial charge in [-0.15, -0.1) is 11.3 Å². The van der Waals surface area contributed by atoms with E-state index in [-0.39, 0.29) is 0 Å². The number of nitrogens with zero attached hydrogens (tertiary/aromatic N) is 1. The second-order valence-corrected chi connectivity index (χ2v) is 6.39. The van der Waals surface area contributed by atoms with E-state index in [2.05, 4.69) is 50.1 Å². The fourth-order valence-corrected chi connectivity index (χ4v) is 3.41. The van der Waals surface area contributed by atoms with Gasteiger partial charge in [0.25, 0.3) is 0 Å². The van der Waals surface area contributed by atoms with E-state index < -0.39 is 0 Å². The molecule has 0 saturated heterocycles. The summed E-state index contributed by atoms with van der Waals surface area (Å²) in [4.78, 5) is 7.28. The molecule has 3 heteroatoms. The average Bonchev–Trinajstić information content (AvgIpc) is 2.75. The summed E-state index contributed by atoms with van der Waals surface area (Å²) in [7, 11) is 0. The molecule has 1 N–H and O–H groups in total. The van der Waals surface area contributed by atoms with Crippen molar-refractivity contribution in [3.63, 3.8) is 0 Å². The lowest BCUT2D eigenvalue weighted by atomic mass is 10.1. The van der Waals surface area contributed by atoms with Gasteiger partial charge >= 0.3 is 0 Å². The van der Waals surface area contributed by atoms with Crippen LogP contribution in [0.5, 0.6) is 0 Å². The van der Waals surface area contributed by atoms with Gasteiger partial charge in [0.15, 0.2) is 0 Å². The first-order valence-electron chi connectivity index (χ1n) is 6.85. The van der Waals surface area contributed by atoms with E-state index >= 15 is 0 Å². The molecule has 0 aliphatic heterocycles. The number of aryl methyl sites for hydroxylation is 3. The first-order valence-corrected chi connectivity index (χ1v) is 7.66. The van der Waals surface area contributed by atoms with Crippen LogP contribution in [0.15, 0.2) is 24.4 Å². The van der Waals surface area contributed by atoms with Crippen molar-refractivity contribution in [2.75, 3.05) is 0 Å². The summed E-state index contributed by atoms with van der Waals surface area (Å²) < 4.78 is 0. The van der Waals surface area contributed by atoms with Gasteiger partial charge in [-0.3, -0.25) is 4.98 Å². The second kappa shape index (κ2) is 6.31. The molecule has 0 aliphatic rings. The summed E-state index contributed by atoms with van der Waals surface area (Å²) >= 11 is 1.87. The molecule has 102 valence electrons. The van der Waals surface area contributed by atoms with Crippen LogP contribution >= 0.6 is 11.3 Å². The molecule has 2 nitrogen and oxygen atoms in total. The molecule has 0 amide bonds. The molecule has 2 rings (SSSR count). The molecule has 1 atom stereocenters. The minimum atomic E-state index is 0.372. The quantitative estimate of drug-likeness (QED) is 0.885. The largest absolute Gasteiger partial charge is 0.305 e. The molecule has 0 fully saturated rings. The van der Waals surface area contributed by atoms with Crippen LogP contribution in [-0.2, 0) is 13.0 Å². The number of hydrogen-bond acceptors (Lipinski definition) is 3. The van der Waals surface area contributed by atoms with E-state index in [0.717, 1.165) is 13.0 Å². The molecule has 0 aromatic carbocycles. The van der Waals surface area contributed by atoms with Crippen LogP contribution in [0.4, 0.5) is 0 Å². The van der Waals surface area contributed by atoms with Crippen molar-refractivity contribution in [3.8, 4) is 0 Å². The number of nitrogens with one attached hydrogen (secondary N) is 1. The zero-order valence-corrected chi connectivity index (χ0v) is 13.0. The lowest BCUT2D eigenvalue weighted by Crippen LogP contribution is -2.19.